The van der Waals surface area contributed by atoms with Gasteiger partial charge in [-0.05, 0) is 37.7 Å². The third-order valence-electron chi connectivity index (χ3n) is 3.69. The highest BCUT2D eigenvalue weighted by atomic mass is 16.5. The Morgan fingerprint density at radius 2 is 2.12 bits per heavy atom. The van der Waals surface area contributed by atoms with Crippen LogP contribution < -0.4 is 10.5 Å². The average molecular weight is 234 g/mol. The zero-order chi connectivity index (χ0) is 12.3. The Labute approximate surface area is 103 Å². The van der Waals surface area contributed by atoms with E-state index < -0.39 is 0 Å². The van der Waals surface area contributed by atoms with Crippen molar-refractivity contribution in [3.63, 3.8) is 0 Å². The molecule has 94 valence electrons. The Hall–Kier alpha value is -1.09. The zero-order valence-corrected chi connectivity index (χ0v) is 10.8. The average Bonchev–Trinajstić information content (AvgIpc) is 2.32. The third-order valence-corrected chi connectivity index (χ3v) is 3.69. The third kappa shape index (κ3) is 2.97. The van der Waals surface area contributed by atoms with Crippen LogP contribution in [0.2, 0.25) is 0 Å². The van der Waals surface area contributed by atoms with Gasteiger partial charge in [-0.25, -0.2) is 4.98 Å². The minimum atomic E-state index is 0.333. The molecule has 0 saturated heterocycles. The highest BCUT2D eigenvalue weighted by Gasteiger charge is 2.23. The number of hydrogen-bond acceptors (Lipinski definition) is 3. The molecule has 0 aliphatic heterocycles. The molecular weight excluding hydrogens is 212 g/mol. The van der Waals surface area contributed by atoms with E-state index in [1.54, 1.807) is 0 Å². The fourth-order valence-electron chi connectivity index (χ4n) is 2.46. The van der Waals surface area contributed by atoms with Crippen LogP contribution in [0.3, 0.4) is 0 Å². The van der Waals surface area contributed by atoms with Crippen molar-refractivity contribution in [2.24, 2.45) is 11.7 Å². The Kier molecular flexibility index (Phi) is 4.00. The smallest absolute Gasteiger partial charge is 0.213 e. The van der Waals surface area contributed by atoms with Crippen molar-refractivity contribution in [2.75, 3.05) is 0 Å². The standard InChI is InChI=1S/C14H22N2O/c1-10-5-3-4-6-13(10)17-14-8-7-12(9-15)11(2)16-14/h7-8,10,13H,3-6,9,15H2,1-2H3. The molecule has 17 heavy (non-hydrogen) atoms. The summed E-state index contributed by atoms with van der Waals surface area (Å²) >= 11 is 0. The van der Waals surface area contributed by atoms with Crippen LogP contribution in [0.25, 0.3) is 0 Å². The van der Waals surface area contributed by atoms with E-state index in [0.29, 0.717) is 18.6 Å². The predicted molar refractivity (Wildman–Crippen MR) is 68.9 cm³/mol. The van der Waals surface area contributed by atoms with E-state index in [4.69, 9.17) is 10.5 Å². The number of nitrogens with zero attached hydrogens (tertiary/aromatic N) is 1. The van der Waals surface area contributed by atoms with Gasteiger partial charge in [0.2, 0.25) is 5.88 Å². The van der Waals surface area contributed by atoms with Crippen LogP contribution in [0.15, 0.2) is 12.1 Å². The maximum atomic E-state index is 6.00. The van der Waals surface area contributed by atoms with E-state index >= 15 is 0 Å². The summed E-state index contributed by atoms with van der Waals surface area (Å²) in [6.45, 7) is 4.79. The topological polar surface area (TPSA) is 48.1 Å². The molecule has 0 radical (unpaired) electrons. The summed E-state index contributed by atoms with van der Waals surface area (Å²) in [7, 11) is 0. The first-order valence-electron chi connectivity index (χ1n) is 6.54. The Morgan fingerprint density at radius 1 is 1.35 bits per heavy atom. The first-order valence-corrected chi connectivity index (χ1v) is 6.54. The quantitative estimate of drug-likeness (QED) is 0.874. The van der Waals surface area contributed by atoms with Gasteiger partial charge in [0.25, 0.3) is 0 Å². The van der Waals surface area contributed by atoms with Gasteiger partial charge < -0.3 is 10.5 Å². The van der Waals surface area contributed by atoms with Crippen LogP contribution in [0.4, 0.5) is 0 Å². The lowest BCUT2D eigenvalue weighted by Crippen LogP contribution is -2.28. The number of pyridine rings is 1. The Balaban J connectivity index is 2.05. The normalized spacial score (nSPS) is 24.6. The number of nitrogens with two attached hydrogens (primary N) is 1. The molecule has 2 rings (SSSR count). The molecule has 2 N–H and O–H groups in total. The van der Waals surface area contributed by atoms with E-state index in [2.05, 4.69) is 11.9 Å². The SMILES string of the molecule is Cc1nc(OC2CCCCC2C)ccc1CN. The summed E-state index contributed by atoms with van der Waals surface area (Å²) in [6.07, 6.45) is 5.36. The Bertz CT molecular complexity index is 378. The van der Waals surface area contributed by atoms with Gasteiger partial charge in [0.1, 0.15) is 6.10 Å². The van der Waals surface area contributed by atoms with Crippen molar-refractivity contribution < 1.29 is 4.74 Å². The monoisotopic (exact) mass is 234 g/mol. The first-order chi connectivity index (χ1) is 8.20. The number of aryl methyl sites for hydroxylation is 1. The number of rotatable bonds is 3. The van der Waals surface area contributed by atoms with Crippen LogP contribution in [0.1, 0.15) is 43.9 Å². The molecule has 1 heterocycles. The van der Waals surface area contributed by atoms with Gasteiger partial charge >= 0.3 is 0 Å². The minimum absolute atomic E-state index is 0.333. The predicted octanol–water partition coefficient (Wildman–Crippen LogP) is 2.81. The molecule has 0 spiro atoms. The summed E-state index contributed by atoms with van der Waals surface area (Å²) in [5.41, 5.74) is 7.70. The van der Waals surface area contributed by atoms with Crippen LogP contribution in [0.5, 0.6) is 5.88 Å². The van der Waals surface area contributed by atoms with Crippen LogP contribution in [-0.4, -0.2) is 11.1 Å². The molecule has 0 aromatic carbocycles. The second kappa shape index (κ2) is 5.50. The second-order valence-corrected chi connectivity index (χ2v) is 5.02. The van der Waals surface area contributed by atoms with Crippen LogP contribution in [0, 0.1) is 12.8 Å². The number of aromatic nitrogens is 1. The van der Waals surface area contributed by atoms with E-state index in [1.807, 2.05) is 19.1 Å². The molecule has 3 nitrogen and oxygen atoms in total. The maximum Gasteiger partial charge on any atom is 0.213 e. The molecule has 1 aromatic heterocycles. The van der Waals surface area contributed by atoms with Gasteiger partial charge in [0.15, 0.2) is 0 Å². The van der Waals surface area contributed by atoms with Crippen molar-refractivity contribution in [3.8, 4) is 5.88 Å². The van der Waals surface area contributed by atoms with Crippen LogP contribution >= 0.6 is 0 Å². The molecule has 1 fully saturated rings. The molecular formula is C14H22N2O. The summed E-state index contributed by atoms with van der Waals surface area (Å²) in [6, 6.07) is 3.96. The fraction of sp³-hybridized carbons (Fsp3) is 0.643. The summed E-state index contributed by atoms with van der Waals surface area (Å²) < 4.78 is 6.00. The lowest BCUT2D eigenvalue weighted by molar-refractivity contribution is 0.0974. The van der Waals surface area contributed by atoms with E-state index in [1.165, 1.54) is 19.3 Å². The molecule has 2 unspecified atom stereocenters. The summed E-state index contributed by atoms with van der Waals surface area (Å²) in [4.78, 5) is 4.47. The lowest BCUT2D eigenvalue weighted by atomic mass is 9.88. The van der Waals surface area contributed by atoms with E-state index in [0.717, 1.165) is 23.6 Å². The van der Waals surface area contributed by atoms with Gasteiger partial charge in [0, 0.05) is 18.3 Å². The highest BCUT2D eigenvalue weighted by Crippen LogP contribution is 2.27. The molecule has 1 aliphatic carbocycles. The molecule has 1 aliphatic rings. The zero-order valence-electron chi connectivity index (χ0n) is 10.8. The van der Waals surface area contributed by atoms with Crippen molar-refractivity contribution in [3.05, 3.63) is 23.4 Å². The molecule has 3 heteroatoms. The first kappa shape index (κ1) is 12.4. The van der Waals surface area contributed by atoms with Crippen molar-refractivity contribution in [2.45, 2.75) is 52.2 Å². The van der Waals surface area contributed by atoms with Crippen molar-refractivity contribution in [1.29, 1.82) is 0 Å². The molecule has 1 aromatic rings. The van der Waals surface area contributed by atoms with Gasteiger partial charge in [-0.2, -0.15) is 0 Å². The van der Waals surface area contributed by atoms with Gasteiger partial charge in [0.05, 0.1) is 0 Å². The van der Waals surface area contributed by atoms with E-state index in [9.17, 15) is 0 Å². The maximum absolute atomic E-state index is 6.00. The number of hydrogen-bond donors (Lipinski definition) is 1. The van der Waals surface area contributed by atoms with Gasteiger partial charge in [-0.15, -0.1) is 0 Å². The van der Waals surface area contributed by atoms with Gasteiger partial charge in [-0.1, -0.05) is 19.4 Å². The largest absolute Gasteiger partial charge is 0.474 e. The molecule has 0 amide bonds. The molecule has 2 atom stereocenters. The van der Waals surface area contributed by atoms with Crippen LogP contribution in [-0.2, 0) is 6.54 Å². The van der Waals surface area contributed by atoms with E-state index in [-0.39, 0.29) is 0 Å². The summed E-state index contributed by atoms with van der Waals surface area (Å²) in [5.74, 6) is 1.39. The minimum Gasteiger partial charge on any atom is -0.474 e. The molecule has 0 bridgehead atoms. The molecule has 1 saturated carbocycles. The van der Waals surface area contributed by atoms with Gasteiger partial charge in [-0.3, -0.25) is 0 Å². The van der Waals surface area contributed by atoms with Crippen molar-refractivity contribution >= 4 is 0 Å². The number of ether oxygens (including phenoxy) is 1. The summed E-state index contributed by atoms with van der Waals surface area (Å²) in [5, 5.41) is 0. The fourth-order valence-corrected chi connectivity index (χ4v) is 2.46. The highest BCUT2D eigenvalue weighted by molar-refractivity contribution is 5.24. The Morgan fingerprint density at radius 3 is 2.76 bits per heavy atom. The lowest BCUT2D eigenvalue weighted by Gasteiger charge is -2.28. The second-order valence-electron chi connectivity index (χ2n) is 5.02. The van der Waals surface area contributed by atoms with Crippen molar-refractivity contribution in [1.82, 2.24) is 4.98 Å².